The Morgan fingerprint density at radius 2 is 1.83 bits per heavy atom. The van der Waals surface area contributed by atoms with E-state index in [0.717, 1.165) is 12.2 Å². The van der Waals surface area contributed by atoms with Gasteiger partial charge in [-0.3, -0.25) is 4.79 Å². The maximum atomic E-state index is 11.3. The third-order valence-electron chi connectivity index (χ3n) is 2.42. The van der Waals surface area contributed by atoms with E-state index < -0.39 is 0 Å². The van der Waals surface area contributed by atoms with Gasteiger partial charge in [-0.2, -0.15) is 0 Å². The number of rotatable bonds is 8. The highest BCUT2D eigenvalue weighted by Gasteiger charge is 2.02. The lowest BCUT2D eigenvalue weighted by Crippen LogP contribution is -2.21. The molecule has 4 nitrogen and oxygen atoms in total. The number of carbonyl (C=O) groups excluding carboxylic acids is 1. The van der Waals surface area contributed by atoms with E-state index in [-0.39, 0.29) is 5.91 Å². The highest BCUT2D eigenvalue weighted by Crippen LogP contribution is 2.07. The number of ether oxygens (including phenoxy) is 2. The first-order chi connectivity index (χ1) is 8.70. The van der Waals surface area contributed by atoms with Gasteiger partial charge in [-0.15, -0.1) is 0 Å². The van der Waals surface area contributed by atoms with Crippen molar-refractivity contribution in [2.24, 2.45) is 0 Å². The van der Waals surface area contributed by atoms with Gasteiger partial charge in [-0.1, -0.05) is 18.2 Å². The molecule has 0 heterocycles. The van der Waals surface area contributed by atoms with Crippen LogP contribution in [0.1, 0.15) is 12.8 Å². The maximum Gasteiger partial charge on any atom is 0.222 e. The number of hydrogen-bond acceptors (Lipinski definition) is 3. The number of para-hydroxylation sites is 1. The van der Waals surface area contributed by atoms with Crippen molar-refractivity contribution in [3.63, 3.8) is 0 Å². The van der Waals surface area contributed by atoms with Gasteiger partial charge in [0.15, 0.2) is 0 Å². The Labute approximate surface area is 108 Å². The Hall–Kier alpha value is -1.55. The van der Waals surface area contributed by atoms with Crippen LogP contribution in [0.15, 0.2) is 30.3 Å². The van der Waals surface area contributed by atoms with E-state index in [4.69, 9.17) is 9.47 Å². The van der Waals surface area contributed by atoms with E-state index in [1.165, 1.54) is 0 Å². The number of carbonyl (C=O) groups is 1. The average Bonchev–Trinajstić information content (AvgIpc) is 2.38. The van der Waals surface area contributed by atoms with Crippen LogP contribution in [0.25, 0.3) is 0 Å². The first-order valence-corrected chi connectivity index (χ1v) is 6.16. The molecule has 1 amide bonds. The molecule has 0 N–H and O–H groups in total. The summed E-state index contributed by atoms with van der Waals surface area (Å²) in [5.41, 5.74) is 0. The molecule has 100 valence electrons. The molecule has 1 rings (SSSR count). The summed E-state index contributed by atoms with van der Waals surface area (Å²) < 4.78 is 10.9. The Morgan fingerprint density at radius 3 is 2.50 bits per heavy atom. The van der Waals surface area contributed by atoms with Crippen LogP contribution >= 0.6 is 0 Å². The second-order valence-corrected chi connectivity index (χ2v) is 4.17. The summed E-state index contributed by atoms with van der Waals surface area (Å²) in [6.07, 6.45) is 1.29. The lowest BCUT2D eigenvalue weighted by atomic mass is 10.3. The molecule has 0 saturated carbocycles. The molecule has 0 unspecified atom stereocenters. The van der Waals surface area contributed by atoms with Crippen molar-refractivity contribution in [2.45, 2.75) is 12.8 Å². The van der Waals surface area contributed by atoms with E-state index in [0.29, 0.717) is 26.2 Å². The van der Waals surface area contributed by atoms with E-state index in [1.807, 2.05) is 30.3 Å². The topological polar surface area (TPSA) is 38.8 Å². The number of amides is 1. The predicted octanol–water partition coefficient (Wildman–Crippen LogP) is 1.95. The maximum absolute atomic E-state index is 11.3. The largest absolute Gasteiger partial charge is 0.491 e. The zero-order valence-electron chi connectivity index (χ0n) is 11.1. The lowest BCUT2D eigenvalue weighted by molar-refractivity contribution is -0.129. The summed E-state index contributed by atoms with van der Waals surface area (Å²) in [5.74, 6) is 0.989. The predicted molar refractivity (Wildman–Crippen MR) is 70.7 cm³/mol. The first kappa shape index (κ1) is 14.5. The minimum atomic E-state index is 0.138. The minimum absolute atomic E-state index is 0.138. The normalized spacial score (nSPS) is 10.1. The van der Waals surface area contributed by atoms with Gasteiger partial charge in [0.1, 0.15) is 12.4 Å². The summed E-state index contributed by atoms with van der Waals surface area (Å²) >= 11 is 0. The van der Waals surface area contributed by atoms with E-state index in [1.54, 1.807) is 19.0 Å². The van der Waals surface area contributed by atoms with E-state index in [2.05, 4.69) is 0 Å². The summed E-state index contributed by atoms with van der Waals surface area (Å²) in [6, 6.07) is 9.64. The van der Waals surface area contributed by atoms with Gasteiger partial charge in [-0.25, -0.2) is 0 Å². The zero-order chi connectivity index (χ0) is 13.2. The standard InChI is InChI=1S/C14H21NO3/c1-15(2)14(16)9-6-10-17-11-12-18-13-7-4-3-5-8-13/h3-5,7-8H,6,9-12H2,1-2H3. The average molecular weight is 251 g/mol. The monoisotopic (exact) mass is 251 g/mol. The van der Waals surface area contributed by atoms with E-state index >= 15 is 0 Å². The second-order valence-electron chi connectivity index (χ2n) is 4.17. The number of nitrogens with zero attached hydrogens (tertiary/aromatic N) is 1. The molecule has 0 aromatic heterocycles. The fourth-order valence-electron chi connectivity index (χ4n) is 1.39. The third-order valence-corrected chi connectivity index (χ3v) is 2.42. The Morgan fingerprint density at radius 1 is 1.11 bits per heavy atom. The van der Waals surface area contributed by atoms with Crippen molar-refractivity contribution < 1.29 is 14.3 Å². The van der Waals surface area contributed by atoms with Gasteiger partial charge in [0.05, 0.1) is 6.61 Å². The fourth-order valence-corrected chi connectivity index (χ4v) is 1.39. The van der Waals surface area contributed by atoms with E-state index in [9.17, 15) is 4.79 Å². The van der Waals surface area contributed by atoms with Gasteiger partial charge < -0.3 is 14.4 Å². The van der Waals surface area contributed by atoms with Gasteiger partial charge in [-0.05, 0) is 18.6 Å². The number of hydrogen-bond donors (Lipinski definition) is 0. The van der Waals surface area contributed by atoms with Crippen LogP contribution in [0.3, 0.4) is 0 Å². The van der Waals surface area contributed by atoms with Gasteiger partial charge in [0, 0.05) is 27.1 Å². The molecule has 1 aromatic carbocycles. The molecule has 4 heteroatoms. The smallest absolute Gasteiger partial charge is 0.222 e. The molecule has 0 bridgehead atoms. The van der Waals surface area contributed by atoms with Gasteiger partial charge in [0.25, 0.3) is 0 Å². The van der Waals surface area contributed by atoms with Crippen molar-refractivity contribution in [3.8, 4) is 5.75 Å². The molecular formula is C14H21NO3. The van der Waals surface area contributed by atoms with Crippen LogP contribution in [-0.2, 0) is 9.53 Å². The van der Waals surface area contributed by atoms with Crippen LogP contribution in [-0.4, -0.2) is 44.7 Å². The fraction of sp³-hybridized carbons (Fsp3) is 0.500. The lowest BCUT2D eigenvalue weighted by Gasteiger charge is -2.10. The molecule has 0 aliphatic heterocycles. The first-order valence-electron chi connectivity index (χ1n) is 6.16. The van der Waals surface area contributed by atoms with Gasteiger partial charge >= 0.3 is 0 Å². The van der Waals surface area contributed by atoms with Crippen LogP contribution < -0.4 is 4.74 Å². The van der Waals surface area contributed by atoms with Crippen molar-refractivity contribution in [1.82, 2.24) is 4.90 Å². The SMILES string of the molecule is CN(C)C(=O)CCCOCCOc1ccccc1. The summed E-state index contributed by atoms with van der Waals surface area (Å²) in [6.45, 7) is 1.68. The third kappa shape index (κ3) is 6.25. The molecule has 0 spiro atoms. The van der Waals surface area contributed by atoms with Crippen LogP contribution in [0.4, 0.5) is 0 Å². The van der Waals surface area contributed by atoms with Crippen LogP contribution in [0.2, 0.25) is 0 Å². The van der Waals surface area contributed by atoms with Crippen molar-refractivity contribution >= 4 is 5.91 Å². The van der Waals surface area contributed by atoms with Crippen LogP contribution in [0, 0.1) is 0 Å². The van der Waals surface area contributed by atoms with Crippen molar-refractivity contribution in [2.75, 3.05) is 33.9 Å². The molecule has 0 fully saturated rings. The highest BCUT2D eigenvalue weighted by atomic mass is 16.5. The molecule has 1 aromatic rings. The van der Waals surface area contributed by atoms with Crippen LogP contribution in [0.5, 0.6) is 5.75 Å². The Bertz CT molecular complexity index is 338. The summed E-state index contributed by atoms with van der Waals surface area (Å²) in [5, 5.41) is 0. The Balaban J connectivity index is 1.95. The molecule has 18 heavy (non-hydrogen) atoms. The zero-order valence-corrected chi connectivity index (χ0v) is 11.1. The summed E-state index contributed by atoms with van der Waals surface area (Å²) in [7, 11) is 3.52. The quantitative estimate of drug-likeness (QED) is 0.663. The Kier molecular flexibility index (Phi) is 6.87. The highest BCUT2D eigenvalue weighted by molar-refractivity contribution is 5.75. The van der Waals surface area contributed by atoms with Crippen molar-refractivity contribution in [3.05, 3.63) is 30.3 Å². The second kappa shape index (κ2) is 8.53. The molecule has 0 atom stereocenters. The number of benzene rings is 1. The molecule has 0 aliphatic carbocycles. The van der Waals surface area contributed by atoms with Gasteiger partial charge in [0.2, 0.25) is 5.91 Å². The molecular weight excluding hydrogens is 230 g/mol. The molecule has 0 radical (unpaired) electrons. The molecule has 0 saturated heterocycles. The van der Waals surface area contributed by atoms with Crippen molar-refractivity contribution in [1.29, 1.82) is 0 Å². The molecule has 0 aliphatic rings. The minimum Gasteiger partial charge on any atom is -0.491 e. The summed E-state index contributed by atoms with van der Waals surface area (Å²) in [4.78, 5) is 12.9.